The Morgan fingerprint density at radius 2 is 1.91 bits per heavy atom. The van der Waals surface area contributed by atoms with Crippen molar-refractivity contribution in [3.63, 3.8) is 0 Å². The SMILES string of the molecule is CC(C)(CO)CNC(=O)c1ccccc1Nc1ccc2c(/C=C/c3ccccn3)n[nH]c2c1. The Bertz CT molecular complexity index is 1280. The summed E-state index contributed by atoms with van der Waals surface area (Å²) in [6.07, 6.45) is 5.61. The maximum absolute atomic E-state index is 12.8. The third-order valence-electron chi connectivity index (χ3n) is 5.30. The summed E-state index contributed by atoms with van der Waals surface area (Å²) in [7, 11) is 0. The number of aliphatic hydroxyl groups excluding tert-OH is 1. The van der Waals surface area contributed by atoms with Crippen LogP contribution in [0.5, 0.6) is 0 Å². The fourth-order valence-electron chi connectivity index (χ4n) is 3.30. The van der Waals surface area contributed by atoms with E-state index in [0.29, 0.717) is 17.8 Å². The van der Waals surface area contributed by atoms with Gasteiger partial charge in [-0.15, -0.1) is 0 Å². The molecule has 7 heteroatoms. The molecule has 0 bridgehead atoms. The fourth-order valence-corrected chi connectivity index (χ4v) is 3.30. The van der Waals surface area contributed by atoms with E-state index in [-0.39, 0.29) is 17.9 Å². The number of hydrogen-bond acceptors (Lipinski definition) is 5. The number of para-hydroxylation sites is 1. The molecule has 0 saturated heterocycles. The third kappa shape index (κ3) is 5.45. The molecular weight excluding hydrogens is 414 g/mol. The van der Waals surface area contributed by atoms with Crippen LogP contribution in [-0.4, -0.2) is 39.3 Å². The summed E-state index contributed by atoms with van der Waals surface area (Å²) in [6.45, 7) is 4.18. The molecule has 1 amide bonds. The van der Waals surface area contributed by atoms with Crippen LogP contribution in [0.3, 0.4) is 0 Å². The molecule has 0 aliphatic carbocycles. The summed E-state index contributed by atoms with van der Waals surface area (Å²) in [5.41, 5.74) is 4.26. The Hall–Kier alpha value is -3.97. The smallest absolute Gasteiger partial charge is 0.253 e. The van der Waals surface area contributed by atoms with Crippen molar-refractivity contribution in [3.05, 3.63) is 83.8 Å². The van der Waals surface area contributed by atoms with E-state index in [1.807, 2.05) is 80.6 Å². The minimum Gasteiger partial charge on any atom is -0.396 e. The zero-order valence-electron chi connectivity index (χ0n) is 18.7. The van der Waals surface area contributed by atoms with Gasteiger partial charge in [0.05, 0.1) is 28.2 Å². The van der Waals surface area contributed by atoms with E-state index in [2.05, 4.69) is 25.8 Å². The lowest BCUT2D eigenvalue weighted by Crippen LogP contribution is -2.36. The Labute approximate surface area is 192 Å². The molecule has 4 N–H and O–H groups in total. The van der Waals surface area contributed by atoms with E-state index in [4.69, 9.17) is 0 Å². The summed E-state index contributed by atoms with van der Waals surface area (Å²) < 4.78 is 0. The molecule has 0 atom stereocenters. The lowest BCUT2D eigenvalue weighted by Gasteiger charge is -2.22. The minimum atomic E-state index is -0.383. The van der Waals surface area contributed by atoms with Gasteiger partial charge in [0.15, 0.2) is 0 Å². The Morgan fingerprint density at radius 1 is 1.09 bits per heavy atom. The minimum absolute atomic E-state index is 0.00356. The van der Waals surface area contributed by atoms with Crippen LogP contribution in [0.25, 0.3) is 23.1 Å². The zero-order valence-corrected chi connectivity index (χ0v) is 18.7. The van der Waals surface area contributed by atoms with Crippen molar-refractivity contribution in [1.82, 2.24) is 20.5 Å². The number of hydrogen-bond donors (Lipinski definition) is 4. The number of pyridine rings is 1. The van der Waals surface area contributed by atoms with Crippen molar-refractivity contribution in [2.24, 2.45) is 5.41 Å². The van der Waals surface area contributed by atoms with Crippen LogP contribution in [0.1, 0.15) is 35.6 Å². The first-order valence-corrected chi connectivity index (χ1v) is 10.8. The number of amides is 1. The molecule has 0 unspecified atom stereocenters. The number of aliphatic hydroxyl groups is 1. The topological polar surface area (TPSA) is 103 Å². The van der Waals surface area contributed by atoms with Crippen LogP contribution in [0, 0.1) is 5.41 Å². The van der Waals surface area contributed by atoms with Crippen LogP contribution >= 0.6 is 0 Å². The van der Waals surface area contributed by atoms with Crippen LogP contribution in [-0.2, 0) is 0 Å². The number of nitrogens with zero attached hydrogens (tertiary/aromatic N) is 2. The van der Waals surface area contributed by atoms with Gasteiger partial charge >= 0.3 is 0 Å². The van der Waals surface area contributed by atoms with Crippen molar-refractivity contribution in [2.75, 3.05) is 18.5 Å². The first kappa shape index (κ1) is 22.2. The summed E-state index contributed by atoms with van der Waals surface area (Å²) in [5, 5.41) is 24.1. The first-order chi connectivity index (χ1) is 15.9. The molecule has 33 heavy (non-hydrogen) atoms. The Kier molecular flexibility index (Phi) is 6.51. The van der Waals surface area contributed by atoms with Gasteiger partial charge in [-0.1, -0.05) is 32.0 Å². The number of carbonyl (C=O) groups excluding carboxylic acids is 1. The number of anilines is 2. The van der Waals surface area contributed by atoms with Gasteiger partial charge in [-0.25, -0.2) is 0 Å². The lowest BCUT2D eigenvalue weighted by atomic mass is 9.95. The number of carbonyl (C=O) groups is 1. The molecule has 2 heterocycles. The van der Waals surface area contributed by atoms with E-state index in [1.165, 1.54) is 0 Å². The number of aromatic nitrogens is 3. The summed E-state index contributed by atoms with van der Waals surface area (Å²) in [5.74, 6) is -0.191. The van der Waals surface area contributed by atoms with E-state index >= 15 is 0 Å². The molecule has 2 aromatic heterocycles. The molecular formula is C26H27N5O2. The monoisotopic (exact) mass is 441 g/mol. The van der Waals surface area contributed by atoms with Crippen LogP contribution in [0.2, 0.25) is 0 Å². The first-order valence-electron chi connectivity index (χ1n) is 10.8. The summed E-state index contributed by atoms with van der Waals surface area (Å²) >= 11 is 0. The third-order valence-corrected chi connectivity index (χ3v) is 5.30. The van der Waals surface area contributed by atoms with Gasteiger partial charge in [-0.2, -0.15) is 5.10 Å². The highest BCUT2D eigenvalue weighted by Crippen LogP contribution is 2.26. The number of benzene rings is 2. The number of H-pyrrole nitrogens is 1. The quantitative estimate of drug-likeness (QED) is 0.319. The Balaban J connectivity index is 1.52. The average Bonchev–Trinajstić information content (AvgIpc) is 3.24. The highest BCUT2D eigenvalue weighted by molar-refractivity contribution is 6.00. The molecule has 7 nitrogen and oxygen atoms in total. The number of rotatable bonds is 8. The van der Waals surface area contributed by atoms with Gasteiger partial charge < -0.3 is 15.7 Å². The predicted octanol–water partition coefficient (Wildman–Crippen LogP) is 4.62. The van der Waals surface area contributed by atoms with Crippen LogP contribution in [0.4, 0.5) is 11.4 Å². The van der Waals surface area contributed by atoms with Crippen molar-refractivity contribution < 1.29 is 9.90 Å². The average molecular weight is 442 g/mol. The molecule has 4 rings (SSSR count). The normalized spacial score (nSPS) is 11.7. The second-order valence-corrected chi connectivity index (χ2v) is 8.63. The highest BCUT2D eigenvalue weighted by Gasteiger charge is 2.19. The molecule has 0 saturated carbocycles. The van der Waals surface area contributed by atoms with E-state index in [1.54, 1.807) is 12.3 Å². The molecule has 0 fully saturated rings. The molecule has 2 aromatic carbocycles. The standard InChI is InChI=1S/C26H27N5O2/c1-26(2,17-32)16-28-25(33)21-8-3-4-9-22(21)29-19-10-12-20-23(30-31-24(20)15-19)13-11-18-7-5-6-14-27-18/h3-15,29,32H,16-17H2,1-2H3,(H,28,33)(H,30,31)/b13-11+. The molecule has 0 aliphatic heterocycles. The molecule has 168 valence electrons. The largest absolute Gasteiger partial charge is 0.396 e. The van der Waals surface area contributed by atoms with E-state index < -0.39 is 0 Å². The molecule has 0 aliphatic rings. The van der Waals surface area contributed by atoms with Gasteiger partial charge in [0.2, 0.25) is 0 Å². The zero-order chi connectivity index (χ0) is 23.3. The van der Waals surface area contributed by atoms with Gasteiger partial charge in [-0.3, -0.25) is 14.9 Å². The van der Waals surface area contributed by atoms with Crippen LogP contribution < -0.4 is 10.6 Å². The fraction of sp³-hybridized carbons (Fsp3) is 0.192. The van der Waals surface area contributed by atoms with Crippen molar-refractivity contribution in [2.45, 2.75) is 13.8 Å². The Morgan fingerprint density at radius 3 is 2.70 bits per heavy atom. The summed E-state index contributed by atoms with van der Waals surface area (Å²) in [6, 6.07) is 19.0. The van der Waals surface area contributed by atoms with Crippen molar-refractivity contribution >= 4 is 40.3 Å². The summed E-state index contributed by atoms with van der Waals surface area (Å²) in [4.78, 5) is 17.1. The number of fused-ring (bicyclic) bond motifs is 1. The van der Waals surface area contributed by atoms with Crippen molar-refractivity contribution in [1.29, 1.82) is 0 Å². The van der Waals surface area contributed by atoms with E-state index in [0.717, 1.165) is 28.0 Å². The second kappa shape index (κ2) is 9.67. The maximum atomic E-state index is 12.8. The van der Waals surface area contributed by atoms with Crippen LogP contribution in [0.15, 0.2) is 66.9 Å². The van der Waals surface area contributed by atoms with Gasteiger partial charge in [-0.05, 0) is 54.6 Å². The van der Waals surface area contributed by atoms with Gasteiger partial charge in [0.1, 0.15) is 0 Å². The lowest BCUT2D eigenvalue weighted by molar-refractivity contribution is 0.0912. The number of nitrogens with one attached hydrogen (secondary N) is 3. The number of aromatic amines is 1. The molecule has 4 aromatic rings. The molecule has 0 radical (unpaired) electrons. The van der Waals surface area contributed by atoms with Gasteiger partial charge in [0.25, 0.3) is 5.91 Å². The molecule has 0 spiro atoms. The van der Waals surface area contributed by atoms with Gasteiger partial charge in [0, 0.05) is 35.8 Å². The van der Waals surface area contributed by atoms with Crippen molar-refractivity contribution in [3.8, 4) is 0 Å². The predicted molar refractivity (Wildman–Crippen MR) is 132 cm³/mol. The van der Waals surface area contributed by atoms with E-state index in [9.17, 15) is 9.90 Å². The maximum Gasteiger partial charge on any atom is 0.253 e. The highest BCUT2D eigenvalue weighted by atomic mass is 16.3. The second-order valence-electron chi connectivity index (χ2n) is 8.63.